The van der Waals surface area contributed by atoms with E-state index in [1.165, 1.54) is 11.1 Å². The molecule has 0 fully saturated rings. The van der Waals surface area contributed by atoms with E-state index in [0.29, 0.717) is 28.1 Å². The van der Waals surface area contributed by atoms with E-state index in [1.807, 2.05) is 71.4 Å². The number of aromatic nitrogens is 3. The summed E-state index contributed by atoms with van der Waals surface area (Å²) in [5, 5.41) is 12.5. The molecule has 0 bridgehead atoms. The Bertz CT molecular complexity index is 3370. The molecule has 5 heteroatoms. The van der Waals surface area contributed by atoms with Crippen molar-refractivity contribution < 1.29 is 30.3 Å². The number of phenolic OH excluding ortho intramolecular Hbond substituents is 1. The fraction of sp³-hybridized carbons (Fsp3) is 0.226. The maximum Gasteiger partial charge on any atom is 0.148 e. The first-order chi connectivity index (χ1) is 32.5. The molecule has 0 aliphatic carbocycles. The van der Waals surface area contributed by atoms with Gasteiger partial charge in [0.2, 0.25) is 0 Å². The van der Waals surface area contributed by atoms with Gasteiger partial charge < -0.3 is 5.11 Å². The minimum Gasteiger partial charge on any atom is -0.507 e. The third-order valence-electron chi connectivity index (χ3n) is 12.7. The maximum atomic E-state index is 12.5. The SMILES string of the molecule is [2H]C([2H])([2H])c1cc(-c2ccc(C(C)(C)C)cc2)ccc1-n1c(-c2cc(C(C)(C)C)cc(C(C)(C)C)c2O)nc2c(-c3[c-]c(-c4cc(-c5ccc(C)cc5)ccn4)cc(-c4ccccc4)c3)cccc21.[Pt]. The van der Waals surface area contributed by atoms with Gasteiger partial charge in [-0.3, -0.25) is 9.55 Å². The number of nitrogens with zero attached hydrogens (tertiary/aromatic N) is 3. The minimum atomic E-state index is -2.51. The smallest absolute Gasteiger partial charge is 0.148 e. The van der Waals surface area contributed by atoms with Gasteiger partial charge in [-0.2, -0.15) is 0 Å². The van der Waals surface area contributed by atoms with E-state index in [2.05, 4.69) is 160 Å². The number of aromatic hydroxyl groups is 1. The van der Waals surface area contributed by atoms with Crippen LogP contribution >= 0.6 is 0 Å². The number of imidazole rings is 1. The molecule has 4 nitrogen and oxygen atoms in total. The topological polar surface area (TPSA) is 50.9 Å². The van der Waals surface area contributed by atoms with Crippen LogP contribution in [0.1, 0.15) is 94.2 Å². The summed E-state index contributed by atoms with van der Waals surface area (Å²) in [6, 6.07) is 55.2. The molecular weight excluding hydrogens is 998 g/mol. The summed E-state index contributed by atoms with van der Waals surface area (Å²) in [5.41, 5.74) is 15.0. The van der Waals surface area contributed by atoms with Crippen LogP contribution in [0.25, 0.3) is 83.9 Å². The summed E-state index contributed by atoms with van der Waals surface area (Å²) in [6.07, 6.45) is 1.85. The van der Waals surface area contributed by atoms with Gasteiger partial charge in [-0.05, 0) is 105 Å². The van der Waals surface area contributed by atoms with Gasteiger partial charge in [-0.15, -0.1) is 23.8 Å². The molecule has 0 radical (unpaired) electrons. The van der Waals surface area contributed by atoms with Crippen molar-refractivity contribution in [1.29, 1.82) is 0 Å². The fourth-order valence-electron chi connectivity index (χ4n) is 8.78. The summed E-state index contributed by atoms with van der Waals surface area (Å²) in [7, 11) is 0. The second-order valence-corrected chi connectivity index (χ2v) is 20.8. The second-order valence-electron chi connectivity index (χ2n) is 20.8. The molecule has 0 aliphatic rings. The van der Waals surface area contributed by atoms with E-state index in [0.717, 1.165) is 66.9 Å². The number of benzene rings is 7. The van der Waals surface area contributed by atoms with Gasteiger partial charge in [0, 0.05) is 42.6 Å². The van der Waals surface area contributed by atoms with Crippen molar-refractivity contribution in [3.05, 3.63) is 192 Å². The first kappa shape index (κ1) is 43.2. The largest absolute Gasteiger partial charge is 0.507 e. The van der Waals surface area contributed by atoms with E-state index in [-0.39, 0.29) is 43.2 Å². The second kappa shape index (κ2) is 18.0. The fourth-order valence-corrected chi connectivity index (χ4v) is 8.78. The predicted octanol–water partition coefficient (Wildman–Crippen LogP) is 16.4. The van der Waals surface area contributed by atoms with Crippen LogP contribution in [0, 0.1) is 19.8 Å². The van der Waals surface area contributed by atoms with Crippen LogP contribution in [-0.4, -0.2) is 19.6 Å². The first-order valence-corrected chi connectivity index (χ1v) is 22.9. The molecule has 0 spiro atoms. The van der Waals surface area contributed by atoms with Gasteiger partial charge in [0.25, 0.3) is 0 Å². The number of pyridine rings is 1. The van der Waals surface area contributed by atoms with Crippen molar-refractivity contribution in [2.24, 2.45) is 0 Å². The Kier molecular flexibility index (Phi) is 11.6. The molecule has 9 aromatic rings. The molecule has 0 amide bonds. The summed E-state index contributed by atoms with van der Waals surface area (Å²) >= 11 is 0. The third kappa shape index (κ3) is 9.47. The molecule has 2 heterocycles. The standard InChI is InChI=1S/C62H60N3O.Pt/c1-39-20-22-42(23-21-39)45-30-31-63-54(36-45)48-34-46(41-16-13-12-14-17-41)33-47(35-48)51-18-15-19-56-57(51)64-59(52-37-50(61(6,7)8)38-53(58(52)66)62(9,10)11)65(56)55-29-26-44(32-40(55)2)43-24-27-49(28-25-43)60(3,4)5;/h12-34,36-38,66H,1-11H3;/q-1;/i2D3;. The van der Waals surface area contributed by atoms with Crippen LogP contribution in [0.3, 0.4) is 0 Å². The van der Waals surface area contributed by atoms with Crippen molar-refractivity contribution >= 4 is 11.0 Å². The zero-order valence-electron chi connectivity index (χ0n) is 43.1. The first-order valence-electron chi connectivity index (χ1n) is 24.4. The Labute approximate surface area is 416 Å². The van der Waals surface area contributed by atoms with Crippen LogP contribution in [0.4, 0.5) is 0 Å². The summed E-state index contributed by atoms with van der Waals surface area (Å²) in [4.78, 5) is 10.4. The molecule has 0 saturated heterocycles. The Hall–Kier alpha value is -6.35. The van der Waals surface area contributed by atoms with Crippen LogP contribution in [0.15, 0.2) is 158 Å². The predicted molar refractivity (Wildman–Crippen MR) is 278 cm³/mol. The number of hydrogen-bond donors (Lipinski definition) is 1. The Morgan fingerprint density at radius 1 is 0.552 bits per heavy atom. The van der Waals surface area contributed by atoms with E-state index in [1.54, 1.807) is 6.07 Å². The monoisotopic (exact) mass is 1060 g/mol. The number of hydrogen-bond acceptors (Lipinski definition) is 3. The Morgan fingerprint density at radius 3 is 1.84 bits per heavy atom. The number of rotatable bonds is 7. The van der Waals surface area contributed by atoms with E-state index < -0.39 is 12.3 Å². The summed E-state index contributed by atoms with van der Waals surface area (Å²) < 4.78 is 29.1. The molecule has 0 atom stereocenters. The van der Waals surface area contributed by atoms with Crippen molar-refractivity contribution in [3.63, 3.8) is 0 Å². The van der Waals surface area contributed by atoms with Crippen molar-refractivity contribution in [1.82, 2.24) is 14.5 Å². The number of aryl methyl sites for hydroxylation is 2. The van der Waals surface area contributed by atoms with Gasteiger partial charge >= 0.3 is 0 Å². The Balaban J connectivity index is 0.00000659. The van der Waals surface area contributed by atoms with E-state index in [9.17, 15) is 5.11 Å². The van der Waals surface area contributed by atoms with Gasteiger partial charge in [0.15, 0.2) is 0 Å². The molecule has 1 N–H and O–H groups in total. The van der Waals surface area contributed by atoms with Gasteiger partial charge in [0.05, 0.1) is 22.3 Å². The average Bonchev–Trinajstić information content (AvgIpc) is 3.70. The molecule has 0 unspecified atom stereocenters. The molecule has 67 heavy (non-hydrogen) atoms. The van der Waals surface area contributed by atoms with Gasteiger partial charge in [0.1, 0.15) is 11.6 Å². The van der Waals surface area contributed by atoms with Gasteiger partial charge in [-0.1, -0.05) is 194 Å². The zero-order valence-corrected chi connectivity index (χ0v) is 42.4. The molecule has 0 aliphatic heterocycles. The number of para-hydroxylation sites is 1. The summed E-state index contributed by atoms with van der Waals surface area (Å²) in [6.45, 7) is 18.9. The third-order valence-corrected chi connectivity index (χ3v) is 12.7. The average molecular weight is 1060 g/mol. The molecule has 9 rings (SSSR count). The number of phenols is 1. The van der Waals surface area contributed by atoms with Gasteiger partial charge in [-0.25, -0.2) is 4.98 Å². The molecule has 2 aromatic heterocycles. The normalized spacial score (nSPS) is 12.9. The van der Waals surface area contributed by atoms with Crippen molar-refractivity contribution in [2.45, 2.75) is 92.3 Å². The maximum absolute atomic E-state index is 12.5. The van der Waals surface area contributed by atoms with E-state index >= 15 is 0 Å². The zero-order chi connectivity index (χ0) is 49.2. The minimum absolute atomic E-state index is 0. The molecule has 0 saturated carbocycles. The van der Waals surface area contributed by atoms with E-state index in [4.69, 9.17) is 14.1 Å². The van der Waals surface area contributed by atoms with Crippen LogP contribution < -0.4 is 0 Å². The van der Waals surface area contributed by atoms with Crippen molar-refractivity contribution in [2.75, 3.05) is 0 Å². The quantitative estimate of drug-likeness (QED) is 0.162. The Morgan fingerprint density at radius 2 is 1.18 bits per heavy atom. The van der Waals surface area contributed by atoms with Crippen LogP contribution in [-0.2, 0) is 37.3 Å². The van der Waals surface area contributed by atoms with Crippen LogP contribution in [0.5, 0.6) is 5.75 Å². The molecular formula is C62H60N3OPt-. The van der Waals surface area contributed by atoms with Crippen LogP contribution in [0.2, 0.25) is 0 Å². The number of fused-ring (bicyclic) bond motifs is 1. The van der Waals surface area contributed by atoms with Crippen molar-refractivity contribution in [3.8, 4) is 78.6 Å². The molecule has 7 aromatic carbocycles. The molecule has 340 valence electrons. The summed E-state index contributed by atoms with van der Waals surface area (Å²) in [5.74, 6) is 0.547.